The minimum absolute atomic E-state index is 0.0760. The number of carboxylic acids is 1. The molecule has 0 spiro atoms. The van der Waals surface area contributed by atoms with Crippen LogP contribution >= 0.6 is 0 Å². The zero-order valence-corrected chi connectivity index (χ0v) is 22.1. The summed E-state index contributed by atoms with van der Waals surface area (Å²) in [4.78, 5) is 18.8. The van der Waals surface area contributed by atoms with Gasteiger partial charge in [0, 0.05) is 18.1 Å². The quantitative estimate of drug-likeness (QED) is 0.303. The molecule has 3 atom stereocenters. The Morgan fingerprint density at radius 1 is 1.16 bits per heavy atom. The van der Waals surface area contributed by atoms with E-state index in [2.05, 4.69) is 41.1 Å². The van der Waals surface area contributed by atoms with Gasteiger partial charge in [0.15, 0.2) is 0 Å². The Morgan fingerprint density at radius 2 is 2.00 bits per heavy atom. The highest BCUT2D eigenvalue weighted by molar-refractivity contribution is 5.83. The van der Waals surface area contributed by atoms with Gasteiger partial charge in [-0.3, -0.25) is 9.78 Å². The zero-order chi connectivity index (χ0) is 26.2. The second-order valence-corrected chi connectivity index (χ2v) is 10.4. The lowest BCUT2D eigenvalue weighted by atomic mass is 9.81. The van der Waals surface area contributed by atoms with E-state index in [1.54, 1.807) is 13.3 Å². The molecule has 198 valence electrons. The molecular formula is C31H40N2O4. The highest BCUT2D eigenvalue weighted by Gasteiger charge is 2.34. The summed E-state index contributed by atoms with van der Waals surface area (Å²) in [5.41, 5.74) is 4.41. The fraction of sp³-hybridized carbons (Fsp3) is 0.484. The third-order valence-electron chi connectivity index (χ3n) is 7.99. The van der Waals surface area contributed by atoms with Crippen LogP contribution in [0.15, 0.2) is 54.7 Å². The van der Waals surface area contributed by atoms with Gasteiger partial charge in [0.05, 0.1) is 24.6 Å². The maximum atomic E-state index is 12.1. The Kier molecular flexibility index (Phi) is 9.53. The van der Waals surface area contributed by atoms with Crippen LogP contribution in [0.5, 0.6) is 5.75 Å². The number of carbonyl (C=O) groups is 1. The summed E-state index contributed by atoms with van der Waals surface area (Å²) in [6.07, 6.45) is 7.65. The molecule has 1 saturated heterocycles. The van der Waals surface area contributed by atoms with Crippen LogP contribution in [0.25, 0.3) is 10.9 Å². The van der Waals surface area contributed by atoms with Crippen LogP contribution in [0.2, 0.25) is 0 Å². The minimum atomic E-state index is -0.720. The number of nitrogens with zero attached hydrogens (tertiary/aromatic N) is 2. The molecule has 6 nitrogen and oxygen atoms in total. The molecule has 0 bridgehead atoms. The first-order valence-corrected chi connectivity index (χ1v) is 13.6. The molecule has 0 saturated carbocycles. The molecule has 1 aliphatic heterocycles. The molecule has 1 aromatic heterocycles. The molecule has 0 unspecified atom stereocenters. The van der Waals surface area contributed by atoms with E-state index in [4.69, 9.17) is 4.74 Å². The Morgan fingerprint density at radius 3 is 2.78 bits per heavy atom. The number of hydrogen-bond donors (Lipinski definition) is 2. The molecular weight excluding hydrogens is 464 g/mol. The van der Waals surface area contributed by atoms with E-state index in [0.29, 0.717) is 19.4 Å². The lowest BCUT2D eigenvalue weighted by Crippen LogP contribution is -2.44. The molecule has 0 radical (unpaired) electrons. The van der Waals surface area contributed by atoms with Gasteiger partial charge in [-0.1, -0.05) is 30.7 Å². The van der Waals surface area contributed by atoms with Crippen LogP contribution in [-0.2, 0) is 11.2 Å². The topological polar surface area (TPSA) is 82.9 Å². The maximum absolute atomic E-state index is 12.1. The van der Waals surface area contributed by atoms with Crippen LogP contribution in [0.4, 0.5) is 0 Å². The fourth-order valence-electron chi connectivity index (χ4n) is 5.71. The predicted octanol–water partition coefficient (Wildman–Crippen LogP) is 5.80. The molecule has 1 aliphatic rings. The second kappa shape index (κ2) is 13.0. The number of methoxy groups -OCH3 is 1. The Hall–Kier alpha value is -2.96. The molecule has 3 aromatic rings. The van der Waals surface area contributed by atoms with Gasteiger partial charge in [-0.15, -0.1) is 0 Å². The molecule has 0 amide bonds. The number of benzene rings is 2. The van der Waals surface area contributed by atoms with Gasteiger partial charge in [0.25, 0.3) is 0 Å². The van der Waals surface area contributed by atoms with Gasteiger partial charge in [-0.05, 0) is 105 Å². The number of likely N-dealkylation sites (tertiary alicyclic amines) is 1. The smallest absolute Gasteiger partial charge is 0.308 e. The number of unbranched alkanes of at least 4 members (excludes halogenated alkanes) is 2. The third-order valence-corrected chi connectivity index (χ3v) is 7.99. The standard InChI is InChI=1S/C31H40N2O4/c1-22-8-5-6-10-23(22)9-4-3-7-18-33-19-16-24(28(21-33)31(35)36)11-14-30(34)26-15-17-32-29-13-12-25(37-2)20-27(26)29/h5-6,8,10,12-13,15,17,20,24,28,30,34H,3-4,7,9,11,14,16,18-19,21H2,1-2H3,(H,35,36)/t24-,28+,30+/m1/s1. The number of aromatic nitrogens is 1. The van der Waals surface area contributed by atoms with Crippen LogP contribution in [0.3, 0.4) is 0 Å². The average molecular weight is 505 g/mol. The lowest BCUT2D eigenvalue weighted by molar-refractivity contribution is -0.146. The number of fused-ring (bicyclic) bond motifs is 1. The molecule has 2 N–H and O–H groups in total. The number of piperidine rings is 1. The van der Waals surface area contributed by atoms with Crippen LogP contribution in [-0.4, -0.2) is 52.8 Å². The van der Waals surface area contributed by atoms with E-state index in [9.17, 15) is 15.0 Å². The Bertz CT molecular complexity index is 1180. The first-order valence-electron chi connectivity index (χ1n) is 13.6. The van der Waals surface area contributed by atoms with Crippen LogP contribution < -0.4 is 4.74 Å². The second-order valence-electron chi connectivity index (χ2n) is 10.4. The monoisotopic (exact) mass is 504 g/mol. The number of carboxylic acid groups (broad SMARTS) is 1. The van der Waals surface area contributed by atoms with Crippen molar-refractivity contribution in [1.82, 2.24) is 9.88 Å². The predicted molar refractivity (Wildman–Crippen MR) is 147 cm³/mol. The van der Waals surface area contributed by atoms with E-state index in [1.165, 1.54) is 11.1 Å². The maximum Gasteiger partial charge on any atom is 0.308 e. The number of aryl methyl sites for hydroxylation is 2. The molecule has 0 aliphatic carbocycles. The number of rotatable bonds is 12. The van der Waals surface area contributed by atoms with E-state index in [1.807, 2.05) is 24.3 Å². The summed E-state index contributed by atoms with van der Waals surface area (Å²) in [5, 5.41) is 21.9. The van der Waals surface area contributed by atoms with Gasteiger partial charge in [0.2, 0.25) is 0 Å². The molecule has 2 aromatic carbocycles. The molecule has 6 heteroatoms. The third kappa shape index (κ3) is 7.08. The number of pyridine rings is 1. The van der Waals surface area contributed by atoms with Crippen molar-refractivity contribution in [2.45, 2.75) is 58.0 Å². The molecule has 2 heterocycles. The van der Waals surface area contributed by atoms with E-state index in [-0.39, 0.29) is 11.8 Å². The zero-order valence-electron chi connectivity index (χ0n) is 22.1. The van der Waals surface area contributed by atoms with Crippen molar-refractivity contribution in [2.24, 2.45) is 11.8 Å². The number of aliphatic carboxylic acids is 1. The van der Waals surface area contributed by atoms with Gasteiger partial charge in [-0.25, -0.2) is 0 Å². The lowest BCUT2D eigenvalue weighted by Gasteiger charge is -2.37. The van der Waals surface area contributed by atoms with Crippen LogP contribution in [0, 0.1) is 18.8 Å². The average Bonchev–Trinajstić information content (AvgIpc) is 2.92. The van der Waals surface area contributed by atoms with Crippen molar-refractivity contribution in [1.29, 1.82) is 0 Å². The molecule has 1 fully saturated rings. The van der Waals surface area contributed by atoms with Crippen molar-refractivity contribution < 1.29 is 19.7 Å². The highest BCUT2D eigenvalue weighted by Crippen LogP contribution is 2.34. The number of ether oxygens (including phenoxy) is 1. The summed E-state index contributed by atoms with van der Waals surface area (Å²) in [6.45, 7) is 4.65. The number of aliphatic hydroxyl groups excluding tert-OH is 1. The Balaban J connectivity index is 1.26. The van der Waals surface area contributed by atoms with Crippen molar-refractivity contribution in [3.63, 3.8) is 0 Å². The van der Waals surface area contributed by atoms with Gasteiger partial charge in [0.1, 0.15) is 5.75 Å². The normalized spacial score (nSPS) is 19.1. The SMILES string of the molecule is COc1ccc2nccc([C@@H](O)CC[C@@H]3CCN(CCCCCc4ccccc4C)C[C@@H]3C(=O)O)c2c1. The summed E-state index contributed by atoms with van der Waals surface area (Å²) >= 11 is 0. The van der Waals surface area contributed by atoms with Crippen molar-refractivity contribution >= 4 is 16.9 Å². The number of aliphatic hydroxyl groups is 1. The summed E-state index contributed by atoms with van der Waals surface area (Å²) in [5.74, 6) is -0.306. The summed E-state index contributed by atoms with van der Waals surface area (Å²) in [6, 6.07) is 16.1. The largest absolute Gasteiger partial charge is 0.497 e. The molecule has 37 heavy (non-hydrogen) atoms. The van der Waals surface area contributed by atoms with Crippen LogP contribution in [0.1, 0.15) is 61.3 Å². The van der Waals surface area contributed by atoms with Gasteiger partial charge in [-0.2, -0.15) is 0 Å². The first-order chi connectivity index (χ1) is 18.0. The van der Waals surface area contributed by atoms with Gasteiger partial charge >= 0.3 is 5.97 Å². The molecule has 4 rings (SSSR count). The minimum Gasteiger partial charge on any atom is -0.497 e. The first kappa shape index (κ1) is 27.1. The summed E-state index contributed by atoms with van der Waals surface area (Å²) in [7, 11) is 1.62. The van der Waals surface area contributed by atoms with Crippen molar-refractivity contribution in [3.05, 3.63) is 71.4 Å². The van der Waals surface area contributed by atoms with Crippen molar-refractivity contribution in [3.8, 4) is 5.75 Å². The highest BCUT2D eigenvalue weighted by atomic mass is 16.5. The van der Waals surface area contributed by atoms with E-state index >= 15 is 0 Å². The van der Waals surface area contributed by atoms with E-state index in [0.717, 1.165) is 67.4 Å². The van der Waals surface area contributed by atoms with Crippen molar-refractivity contribution in [2.75, 3.05) is 26.7 Å². The van der Waals surface area contributed by atoms with Gasteiger partial charge < -0.3 is 19.8 Å². The summed E-state index contributed by atoms with van der Waals surface area (Å²) < 4.78 is 5.35. The fourth-order valence-corrected chi connectivity index (χ4v) is 5.71. The number of hydrogen-bond acceptors (Lipinski definition) is 5. The Labute approximate surface area is 220 Å². The van der Waals surface area contributed by atoms with E-state index < -0.39 is 12.1 Å².